The molecule has 4 aromatic rings. The minimum atomic E-state index is 0.864. The van der Waals surface area contributed by atoms with Crippen LogP contribution in [0.5, 0.6) is 0 Å². The predicted octanol–water partition coefficient (Wildman–Crippen LogP) is 5.38. The van der Waals surface area contributed by atoms with Crippen LogP contribution in [0.2, 0.25) is 0 Å². The van der Waals surface area contributed by atoms with Crippen LogP contribution in [-0.4, -0.2) is 15.1 Å². The van der Waals surface area contributed by atoms with E-state index in [1.807, 2.05) is 30.1 Å². The molecule has 0 saturated carbocycles. The van der Waals surface area contributed by atoms with E-state index in [0.717, 1.165) is 34.9 Å². The minimum Gasteiger partial charge on any atom is -0.464 e. The molecule has 3 aromatic heterocycles. The van der Waals surface area contributed by atoms with Gasteiger partial charge in [0.25, 0.3) is 0 Å². The van der Waals surface area contributed by atoms with Crippen molar-refractivity contribution in [3.05, 3.63) is 84.0 Å². The van der Waals surface area contributed by atoms with Crippen LogP contribution in [0.4, 0.5) is 0 Å². The van der Waals surface area contributed by atoms with Crippen molar-refractivity contribution in [2.24, 2.45) is 0 Å². The van der Waals surface area contributed by atoms with Gasteiger partial charge in [0, 0.05) is 11.9 Å². The number of pyridine rings is 1. The Morgan fingerprint density at radius 3 is 2.80 bits per heavy atom. The van der Waals surface area contributed by atoms with E-state index in [-0.39, 0.29) is 0 Å². The third-order valence-corrected chi connectivity index (χ3v) is 5.23. The second kappa shape index (κ2) is 7.19. The van der Waals surface area contributed by atoms with E-state index in [2.05, 4.69) is 58.9 Å². The molecule has 0 spiro atoms. The summed E-state index contributed by atoms with van der Waals surface area (Å²) >= 11 is 1.95. The number of thioether (sulfide) groups is 1. The lowest BCUT2D eigenvalue weighted by Gasteiger charge is -2.07. The summed E-state index contributed by atoms with van der Waals surface area (Å²) in [4.78, 5) is 4.64. The Kier molecular flexibility index (Phi) is 4.61. The molecule has 0 radical (unpaired) electrons. The molecule has 0 aliphatic heterocycles. The molecule has 0 unspecified atom stereocenters. The van der Waals surface area contributed by atoms with Crippen molar-refractivity contribution in [2.75, 3.05) is 5.75 Å². The molecule has 3 nitrogen and oxygen atoms in total. The van der Waals surface area contributed by atoms with Crippen LogP contribution in [0.3, 0.4) is 0 Å². The second-order valence-corrected chi connectivity index (χ2v) is 7.24. The molecule has 0 aliphatic rings. The monoisotopic (exact) mass is 348 g/mol. The summed E-state index contributed by atoms with van der Waals surface area (Å²) in [6.45, 7) is 2.11. The zero-order chi connectivity index (χ0) is 17.1. The molecular weight excluding hydrogens is 328 g/mol. The maximum Gasteiger partial charge on any atom is 0.148 e. The first-order valence-corrected chi connectivity index (χ1v) is 9.59. The first kappa shape index (κ1) is 16.0. The Morgan fingerprint density at radius 1 is 1.12 bits per heavy atom. The molecule has 0 atom stereocenters. The Labute approximate surface area is 151 Å². The Balaban J connectivity index is 1.51. The first-order valence-electron chi connectivity index (χ1n) is 8.43. The van der Waals surface area contributed by atoms with Crippen molar-refractivity contribution in [3.63, 3.8) is 0 Å². The molecule has 0 N–H and O–H groups in total. The van der Waals surface area contributed by atoms with Gasteiger partial charge in [-0.05, 0) is 48.4 Å². The largest absolute Gasteiger partial charge is 0.464 e. The van der Waals surface area contributed by atoms with Gasteiger partial charge in [-0.15, -0.1) is 0 Å². The molecule has 0 fully saturated rings. The number of aromatic nitrogens is 2. The fourth-order valence-corrected chi connectivity index (χ4v) is 3.95. The molecule has 3 heterocycles. The summed E-state index contributed by atoms with van der Waals surface area (Å²) in [5, 5.41) is 0. The van der Waals surface area contributed by atoms with Crippen molar-refractivity contribution in [1.29, 1.82) is 0 Å². The molecule has 0 saturated heterocycles. The summed E-state index contributed by atoms with van der Waals surface area (Å²) in [6.07, 6.45) is 6.94. The quantitative estimate of drug-likeness (QED) is 0.438. The van der Waals surface area contributed by atoms with Crippen LogP contribution in [0.25, 0.3) is 17.0 Å². The van der Waals surface area contributed by atoms with Crippen molar-refractivity contribution < 1.29 is 4.42 Å². The van der Waals surface area contributed by atoms with Gasteiger partial charge in [0.1, 0.15) is 11.4 Å². The summed E-state index contributed by atoms with van der Waals surface area (Å²) in [7, 11) is 0. The summed E-state index contributed by atoms with van der Waals surface area (Å²) in [6, 6.07) is 16.7. The summed E-state index contributed by atoms with van der Waals surface area (Å²) < 4.78 is 7.78. The Morgan fingerprint density at radius 2 is 2.00 bits per heavy atom. The summed E-state index contributed by atoms with van der Waals surface area (Å²) in [5.41, 5.74) is 5.82. The average Bonchev–Trinajstić information content (AvgIpc) is 3.29. The van der Waals surface area contributed by atoms with Crippen LogP contribution in [0, 0.1) is 6.92 Å². The molecule has 4 heteroatoms. The number of furan rings is 1. The Hall–Kier alpha value is -2.46. The van der Waals surface area contributed by atoms with Crippen LogP contribution >= 0.6 is 11.8 Å². The van der Waals surface area contributed by atoms with Crippen LogP contribution in [-0.2, 0) is 12.2 Å². The fourth-order valence-electron chi connectivity index (χ4n) is 3.00. The molecule has 0 amide bonds. The molecule has 0 aliphatic carbocycles. The highest BCUT2D eigenvalue weighted by molar-refractivity contribution is 7.98. The molecule has 4 rings (SSSR count). The van der Waals surface area contributed by atoms with Crippen LogP contribution < -0.4 is 0 Å². The number of hydrogen-bond acceptors (Lipinski definition) is 3. The zero-order valence-electron chi connectivity index (χ0n) is 14.2. The SMILES string of the molecule is Cc1cc(-c2ccco2)c2ncc(CSCCc3ccccc3)n2c1. The lowest BCUT2D eigenvalue weighted by atomic mass is 10.1. The van der Waals surface area contributed by atoms with E-state index in [1.165, 1.54) is 16.8 Å². The van der Waals surface area contributed by atoms with Gasteiger partial charge >= 0.3 is 0 Å². The third kappa shape index (κ3) is 3.49. The fraction of sp³-hybridized carbons (Fsp3) is 0.190. The van der Waals surface area contributed by atoms with Gasteiger partial charge in [0.15, 0.2) is 0 Å². The van der Waals surface area contributed by atoms with Crippen LogP contribution in [0.1, 0.15) is 16.8 Å². The lowest BCUT2D eigenvalue weighted by molar-refractivity contribution is 0.582. The van der Waals surface area contributed by atoms with Gasteiger partial charge in [-0.3, -0.25) is 0 Å². The number of nitrogens with zero attached hydrogens (tertiary/aromatic N) is 2. The number of aryl methyl sites for hydroxylation is 2. The highest BCUT2D eigenvalue weighted by atomic mass is 32.2. The van der Waals surface area contributed by atoms with Gasteiger partial charge in [-0.25, -0.2) is 4.98 Å². The number of fused-ring (bicyclic) bond motifs is 1. The predicted molar refractivity (Wildman–Crippen MR) is 104 cm³/mol. The van der Waals surface area contributed by atoms with Crippen molar-refractivity contribution >= 4 is 17.4 Å². The maximum atomic E-state index is 5.58. The summed E-state index contributed by atoms with van der Waals surface area (Å²) in [5.74, 6) is 2.92. The van der Waals surface area contributed by atoms with E-state index in [4.69, 9.17) is 4.42 Å². The molecule has 1 aromatic carbocycles. The van der Waals surface area contributed by atoms with Crippen molar-refractivity contribution in [1.82, 2.24) is 9.38 Å². The smallest absolute Gasteiger partial charge is 0.148 e. The molecule has 0 bridgehead atoms. The maximum absolute atomic E-state index is 5.58. The van der Waals surface area contributed by atoms with Gasteiger partial charge < -0.3 is 8.82 Å². The standard InChI is InChI=1S/C21H20N2OS/c1-16-12-19(20-8-5-10-24-20)21-22-13-18(23(21)14-16)15-25-11-9-17-6-3-2-4-7-17/h2-8,10,12-14H,9,11,15H2,1H3. The first-order chi connectivity index (χ1) is 12.3. The zero-order valence-corrected chi connectivity index (χ0v) is 15.0. The molecular formula is C21H20N2OS. The van der Waals surface area contributed by atoms with Gasteiger partial charge in [-0.2, -0.15) is 11.8 Å². The number of hydrogen-bond donors (Lipinski definition) is 0. The van der Waals surface area contributed by atoms with E-state index in [1.54, 1.807) is 6.26 Å². The Bertz CT molecular complexity index is 958. The van der Waals surface area contributed by atoms with E-state index in [0.29, 0.717) is 0 Å². The highest BCUT2D eigenvalue weighted by Crippen LogP contribution is 2.27. The molecule has 126 valence electrons. The van der Waals surface area contributed by atoms with Gasteiger partial charge in [0.2, 0.25) is 0 Å². The normalized spacial score (nSPS) is 11.2. The molecule has 25 heavy (non-hydrogen) atoms. The topological polar surface area (TPSA) is 30.4 Å². The van der Waals surface area contributed by atoms with Crippen molar-refractivity contribution in [3.8, 4) is 11.3 Å². The van der Waals surface area contributed by atoms with Gasteiger partial charge in [-0.1, -0.05) is 30.3 Å². The average molecular weight is 348 g/mol. The third-order valence-electron chi connectivity index (χ3n) is 4.23. The van der Waals surface area contributed by atoms with E-state index >= 15 is 0 Å². The number of imidazole rings is 1. The van der Waals surface area contributed by atoms with Crippen molar-refractivity contribution in [2.45, 2.75) is 19.1 Å². The van der Waals surface area contributed by atoms with E-state index < -0.39 is 0 Å². The second-order valence-electron chi connectivity index (χ2n) is 6.14. The highest BCUT2D eigenvalue weighted by Gasteiger charge is 2.12. The minimum absolute atomic E-state index is 0.864. The van der Waals surface area contributed by atoms with E-state index in [9.17, 15) is 0 Å². The van der Waals surface area contributed by atoms with Gasteiger partial charge in [0.05, 0.1) is 23.7 Å². The number of rotatable bonds is 6. The lowest BCUT2D eigenvalue weighted by Crippen LogP contribution is -1.95. The number of benzene rings is 1. The van der Waals surface area contributed by atoms with Crippen LogP contribution in [0.15, 0.2) is 71.6 Å².